The SMILES string of the molecule is O=C(O)c1cc(S(=O)Cl)cc2c1OCCO2. The number of hydrogen-bond donors (Lipinski definition) is 1. The number of aromatic carboxylic acids is 1. The minimum atomic E-state index is -1.78. The molecule has 0 spiro atoms. The molecule has 16 heavy (non-hydrogen) atoms. The molecule has 5 nitrogen and oxygen atoms in total. The average Bonchev–Trinajstić information content (AvgIpc) is 2.27. The van der Waals surface area contributed by atoms with E-state index in [-0.39, 0.29) is 28.6 Å². The predicted molar refractivity (Wildman–Crippen MR) is 56.7 cm³/mol. The molecule has 0 fully saturated rings. The number of carboxylic acids is 1. The molecule has 1 atom stereocenters. The van der Waals surface area contributed by atoms with Crippen molar-refractivity contribution in [1.82, 2.24) is 0 Å². The van der Waals surface area contributed by atoms with Crippen LogP contribution in [0.1, 0.15) is 10.4 Å². The zero-order valence-corrected chi connectivity index (χ0v) is 9.51. The third-order valence-electron chi connectivity index (χ3n) is 2.03. The number of ether oxygens (including phenoxy) is 2. The molecule has 1 heterocycles. The summed E-state index contributed by atoms with van der Waals surface area (Å²) >= 11 is 0. The summed E-state index contributed by atoms with van der Waals surface area (Å²) in [6.45, 7) is 0.612. The Bertz CT molecular complexity index is 473. The highest BCUT2D eigenvalue weighted by Crippen LogP contribution is 2.36. The van der Waals surface area contributed by atoms with Crippen LogP contribution >= 0.6 is 10.7 Å². The maximum atomic E-state index is 11.1. The van der Waals surface area contributed by atoms with E-state index in [9.17, 15) is 9.00 Å². The Morgan fingerprint density at radius 2 is 2.06 bits per heavy atom. The van der Waals surface area contributed by atoms with Gasteiger partial charge in [0.25, 0.3) is 0 Å². The number of fused-ring (bicyclic) bond motifs is 1. The molecule has 1 N–H and O–H groups in total. The molecular formula is C9H7ClO5S. The van der Waals surface area contributed by atoms with Crippen LogP contribution in [0.15, 0.2) is 17.0 Å². The second-order valence-electron chi connectivity index (χ2n) is 3.02. The van der Waals surface area contributed by atoms with E-state index in [0.717, 1.165) is 0 Å². The van der Waals surface area contributed by atoms with Crippen LogP contribution in [0.5, 0.6) is 11.5 Å². The fraction of sp³-hybridized carbons (Fsp3) is 0.222. The van der Waals surface area contributed by atoms with Gasteiger partial charge < -0.3 is 14.6 Å². The van der Waals surface area contributed by atoms with Crippen molar-refractivity contribution < 1.29 is 23.6 Å². The van der Waals surface area contributed by atoms with Gasteiger partial charge in [-0.1, -0.05) is 0 Å². The highest BCUT2D eigenvalue weighted by atomic mass is 35.7. The van der Waals surface area contributed by atoms with Crippen molar-refractivity contribution in [1.29, 1.82) is 0 Å². The lowest BCUT2D eigenvalue weighted by molar-refractivity contribution is 0.0685. The van der Waals surface area contributed by atoms with Crippen LogP contribution in [-0.4, -0.2) is 28.5 Å². The molecule has 1 aromatic carbocycles. The Kier molecular flexibility index (Phi) is 3.02. The molecule has 1 aliphatic rings. The molecule has 0 bridgehead atoms. The molecule has 1 aliphatic heterocycles. The lowest BCUT2D eigenvalue weighted by atomic mass is 10.2. The number of benzene rings is 1. The number of hydrogen-bond acceptors (Lipinski definition) is 4. The quantitative estimate of drug-likeness (QED) is 0.816. The molecule has 1 aromatic rings. The first-order chi connectivity index (χ1) is 7.59. The van der Waals surface area contributed by atoms with Crippen LogP contribution in [0.2, 0.25) is 0 Å². The van der Waals surface area contributed by atoms with Gasteiger partial charge in [-0.3, -0.25) is 0 Å². The van der Waals surface area contributed by atoms with Gasteiger partial charge in [0, 0.05) is 6.07 Å². The lowest BCUT2D eigenvalue weighted by Crippen LogP contribution is -2.18. The van der Waals surface area contributed by atoms with Crippen LogP contribution in [0.25, 0.3) is 0 Å². The van der Waals surface area contributed by atoms with E-state index in [1.165, 1.54) is 12.1 Å². The summed E-state index contributed by atoms with van der Waals surface area (Å²) < 4.78 is 21.5. The zero-order chi connectivity index (χ0) is 11.7. The normalized spacial score (nSPS) is 15.6. The molecule has 86 valence electrons. The molecule has 0 saturated heterocycles. The fourth-order valence-electron chi connectivity index (χ4n) is 1.38. The fourth-order valence-corrected chi connectivity index (χ4v) is 2.06. The number of halogens is 1. The third-order valence-corrected chi connectivity index (χ3v) is 3.17. The first-order valence-corrected chi connectivity index (χ1v) is 6.32. The van der Waals surface area contributed by atoms with E-state index in [4.69, 9.17) is 25.3 Å². The molecular weight excluding hydrogens is 256 g/mol. The summed E-state index contributed by atoms with van der Waals surface area (Å²) in [5, 5.41) is 8.97. The van der Waals surface area contributed by atoms with Crippen LogP contribution < -0.4 is 9.47 Å². The Morgan fingerprint density at radius 1 is 1.38 bits per heavy atom. The van der Waals surface area contributed by atoms with Gasteiger partial charge in [-0.2, -0.15) is 0 Å². The first-order valence-electron chi connectivity index (χ1n) is 4.34. The highest BCUT2D eigenvalue weighted by molar-refractivity contribution is 8.08. The molecule has 2 rings (SSSR count). The number of carbonyl (C=O) groups is 1. The largest absolute Gasteiger partial charge is 0.486 e. The molecule has 1 unspecified atom stereocenters. The van der Waals surface area contributed by atoms with Crippen molar-refractivity contribution in [2.45, 2.75) is 4.90 Å². The van der Waals surface area contributed by atoms with Crippen LogP contribution in [0.3, 0.4) is 0 Å². The lowest BCUT2D eigenvalue weighted by Gasteiger charge is -2.20. The molecule has 0 aliphatic carbocycles. The smallest absolute Gasteiger partial charge is 0.339 e. The van der Waals surface area contributed by atoms with E-state index in [1.807, 2.05) is 0 Å². The molecule has 7 heteroatoms. The van der Waals surface area contributed by atoms with Gasteiger partial charge in [0.1, 0.15) is 28.8 Å². The maximum Gasteiger partial charge on any atom is 0.339 e. The molecule has 0 amide bonds. The third kappa shape index (κ3) is 1.98. The monoisotopic (exact) mass is 262 g/mol. The van der Waals surface area contributed by atoms with Gasteiger partial charge in [0.05, 0.1) is 4.90 Å². The second-order valence-corrected chi connectivity index (χ2v) is 4.78. The Labute approximate surface area is 97.9 Å². The van der Waals surface area contributed by atoms with Crippen LogP contribution in [-0.2, 0) is 10.0 Å². The van der Waals surface area contributed by atoms with Crippen molar-refractivity contribution in [3.8, 4) is 11.5 Å². The van der Waals surface area contributed by atoms with E-state index < -0.39 is 16.0 Å². The topological polar surface area (TPSA) is 72.8 Å². The van der Waals surface area contributed by atoms with Crippen molar-refractivity contribution >= 4 is 26.7 Å². The van der Waals surface area contributed by atoms with Gasteiger partial charge in [0.2, 0.25) is 0 Å². The van der Waals surface area contributed by atoms with E-state index in [1.54, 1.807) is 0 Å². The van der Waals surface area contributed by atoms with Gasteiger partial charge in [-0.05, 0) is 16.7 Å². The molecule has 0 radical (unpaired) electrons. The van der Waals surface area contributed by atoms with Crippen molar-refractivity contribution in [2.75, 3.05) is 13.2 Å². The standard InChI is InChI=1S/C9H7ClO5S/c10-16(13)5-3-6(9(11)12)8-7(4-5)14-1-2-15-8/h3-4H,1-2H2,(H,11,12). The van der Waals surface area contributed by atoms with Crippen molar-refractivity contribution in [2.24, 2.45) is 0 Å². The highest BCUT2D eigenvalue weighted by Gasteiger charge is 2.22. The number of rotatable bonds is 2. The summed E-state index contributed by atoms with van der Waals surface area (Å²) in [4.78, 5) is 11.2. The van der Waals surface area contributed by atoms with E-state index >= 15 is 0 Å². The minimum absolute atomic E-state index is 0.0961. The average molecular weight is 263 g/mol. The minimum Gasteiger partial charge on any atom is -0.486 e. The second kappa shape index (κ2) is 4.31. The Balaban J connectivity index is 2.61. The van der Waals surface area contributed by atoms with Gasteiger partial charge >= 0.3 is 5.97 Å². The van der Waals surface area contributed by atoms with Crippen LogP contribution in [0, 0.1) is 0 Å². The zero-order valence-electron chi connectivity index (χ0n) is 7.94. The predicted octanol–water partition coefficient (Wildman–Crippen LogP) is 1.42. The summed E-state index contributed by atoms with van der Waals surface area (Å²) in [6, 6.07) is 2.64. The summed E-state index contributed by atoms with van der Waals surface area (Å²) in [7, 11) is 3.62. The first kappa shape index (κ1) is 11.2. The Hall–Kier alpha value is -1.27. The molecule has 0 saturated carbocycles. The maximum absolute atomic E-state index is 11.1. The van der Waals surface area contributed by atoms with Gasteiger partial charge in [-0.15, -0.1) is 0 Å². The van der Waals surface area contributed by atoms with Crippen molar-refractivity contribution in [3.63, 3.8) is 0 Å². The molecule has 0 aromatic heterocycles. The summed E-state index contributed by atoms with van der Waals surface area (Å²) in [5.41, 5.74) is -0.0961. The van der Waals surface area contributed by atoms with Gasteiger partial charge in [0.15, 0.2) is 11.5 Å². The van der Waals surface area contributed by atoms with Crippen molar-refractivity contribution in [3.05, 3.63) is 17.7 Å². The Morgan fingerprint density at radius 3 is 2.69 bits per heavy atom. The van der Waals surface area contributed by atoms with Gasteiger partial charge in [-0.25, -0.2) is 9.00 Å². The van der Waals surface area contributed by atoms with E-state index in [2.05, 4.69) is 0 Å². The number of carboxylic acid groups (broad SMARTS) is 1. The van der Waals surface area contributed by atoms with Crippen LogP contribution in [0.4, 0.5) is 0 Å². The van der Waals surface area contributed by atoms with E-state index in [0.29, 0.717) is 6.61 Å². The summed E-state index contributed by atoms with van der Waals surface area (Å²) in [6.07, 6.45) is 0. The summed E-state index contributed by atoms with van der Waals surface area (Å²) in [5.74, 6) is -0.759.